The SMILES string of the molecule is CN(C[C@H]1CCn2ccnc2C1)C(=O)Cn1ccccc1=O. The van der Waals surface area contributed by atoms with Gasteiger partial charge < -0.3 is 14.0 Å². The molecule has 0 radical (unpaired) electrons. The van der Waals surface area contributed by atoms with Crippen molar-refractivity contribution in [1.29, 1.82) is 0 Å². The second kappa shape index (κ2) is 6.17. The van der Waals surface area contributed by atoms with E-state index in [1.807, 2.05) is 12.4 Å². The number of pyridine rings is 1. The Kier molecular flexibility index (Phi) is 4.09. The number of imidazole rings is 1. The smallest absolute Gasteiger partial charge is 0.250 e. The molecule has 3 rings (SSSR count). The zero-order valence-corrected chi connectivity index (χ0v) is 12.7. The minimum absolute atomic E-state index is 0.0396. The number of hydrogen-bond donors (Lipinski definition) is 0. The van der Waals surface area contributed by atoms with Gasteiger partial charge in [-0.3, -0.25) is 9.59 Å². The first-order valence-corrected chi connectivity index (χ1v) is 7.53. The van der Waals surface area contributed by atoms with Gasteiger partial charge >= 0.3 is 0 Å². The van der Waals surface area contributed by atoms with Crippen LogP contribution in [0.25, 0.3) is 0 Å². The Bertz CT molecular complexity index is 719. The van der Waals surface area contributed by atoms with E-state index in [2.05, 4.69) is 9.55 Å². The molecule has 0 N–H and O–H groups in total. The molecule has 2 aromatic rings. The van der Waals surface area contributed by atoms with Crippen LogP contribution in [0.2, 0.25) is 0 Å². The molecule has 1 atom stereocenters. The lowest BCUT2D eigenvalue weighted by Gasteiger charge is -2.28. The monoisotopic (exact) mass is 300 g/mol. The molecule has 0 fully saturated rings. The van der Waals surface area contributed by atoms with Crippen LogP contribution >= 0.6 is 0 Å². The largest absolute Gasteiger partial charge is 0.344 e. The highest BCUT2D eigenvalue weighted by Crippen LogP contribution is 2.19. The average Bonchev–Trinajstić information content (AvgIpc) is 2.97. The van der Waals surface area contributed by atoms with Gasteiger partial charge in [0.05, 0.1) is 0 Å². The van der Waals surface area contributed by atoms with Crippen LogP contribution in [-0.2, 0) is 24.3 Å². The Labute approximate surface area is 129 Å². The minimum atomic E-state index is -0.149. The summed E-state index contributed by atoms with van der Waals surface area (Å²) in [4.78, 5) is 30.0. The Morgan fingerprint density at radius 2 is 2.27 bits per heavy atom. The number of nitrogens with zero attached hydrogens (tertiary/aromatic N) is 4. The molecule has 0 unspecified atom stereocenters. The zero-order valence-electron chi connectivity index (χ0n) is 12.7. The fourth-order valence-electron chi connectivity index (χ4n) is 2.92. The van der Waals surface area contributed by atoms with Crippen molar-refractivity contribution in [3.63, 3.8) is 0 Å². The van der Waals surface area contributed by atoms with Crippen molar-refractivity contribution in [2.75, 3.05) is 13.6 Å². The van der Waals surface area contributed by atoms with E-state index in [4.69, 9.17) is 0 Å². The first kappa shape index (κ1) is 14.6. The van der Waals surface area contributed by atoms with Gasteiger partial charge in [-0.15, -0.1) is 0 Å². The Hall–Kier alpha value is -2.37. The fourth-order valence-corrected chi connectivity index (χ4v) is 2.92. The molecule has 6 heteroatoms. The molecular formula is C16H20N4O2. The van der Waals surface area contributed by atoms with E-state index in [1.54, 1.807) is 30.3 Å². The first-order chi connectivity index (χ1) is 10.6. The number of carbonyl (C=O) groups is 1. The third-order valence-electron chi connectivity index (χ3n) is 4.21. The molecule has 6 nitrogen and oxygen atoms in total. The molecule has 0 saturated heterocycles. The zero-order chi connectivity index (χ0) is 15.5. The van der Waals surface area contributed by atoms with Gasteiger partial charge in [0, 0.05) is 51.2 Å². The van der Waals surface area contributed by atoms with Crippen LogP contribution in [0.1, 0.15) is 12.2 Å². The van der Waals surface area contributed by atoms with Crippen molar-refractivity contribution in [2.45, 2.75) is 25.9 Å². The van der Waals surface area contributed by atoms with E-state index in [-0.39, 0.29) is 18.0 Å². The molecule has 2 aromatic heterocycles. The topological polar surface area (TPSA) is 60.1 Å². The van der Waals surface area contributed by atoms with Crippen molar-refractivity contribution < 1.29 is 4.79 Å². The second-order valence-electron chi connectivity index (χ2n) is 5.84. The van der Waals surface area contributed by atoms with Gasteiger partial charge in [0.15, 0.2) is 0 Å². The summed E-state index contributed by atoms with van der Waals surface area (Å²) in [6.45, 7) is 1.75. The average molecular weight is 300 g/mol. The predicted octanol–water partition coefficient (Wildman–Crippen LogP) is 0.766. The summed E-state index contributed by atoms with van der Waals surface area (Å²) >= 11 is 0. The summed E-state index contributed by atoms with van der Waals surface area (Å²) in [7, 11) is 1.80. The lowest BCUT2D eigenvalue weighted by Crippen LogP contribution is -2.38. The lowest BCUT2D eigenvalue weighted by molar-refractivity contribution is -0.131. The Morgan fingerprint density at radius 3 is 3.09 bits per heavy atom. The highest BCUT2D eigenvalue weighted by atomic mass is 16.2. The van der Waals surface area contributed by atoms with Crippen LogP contribution in [0.5, 0.6) is 0 Å². The molecular weight excluding hydrogens is 280 g/mol. The van der Waals surface area contributed by atoms with E-state index in [1.165, 1.54) is 10.6 Å². The lowest BCUT2D eigenvalue weighted by atomic mass is 9.97. The second-order valence-corrected chi connectivity index (χ2v) is 5.84. The standard InChI is InChI=1S/C16H20N4O2/c1-18(16(22)12-20-7-3-2-4-15(20)21)11-13-5-8-19-9-6-17-14(19)10-13/h2-4,6-7,9,13H,5,8,10-12H2,1H3/t13-/m0/s1. The molecule has 0 saturated carbocycles. The van der Waals surface area contributed by atoms with Gasteiger partial charge in [-0.1, -0.05) is 6.07 Å². The number of aromatic nitrogens is 3. The molecule has 0 bridgehead atoms. The van der Waals surface area contributed by atoms with Gasteiger partial charge in [-0.2, -0.15) is 0 Å². The van der Waals surface area contributed by atoms with E-state index in [0.717, 1.165) is 25.2 Å². The number of fused-ring (bicyclic) bond motifs is 1. The van der Waals surface area contributed by atoms with Crippen LogP contribution < -0.4 is 5.56 Å². The predicted molar refractivity (Wildman–Crippen MR) is 82.4 cm³/mol. The maximum absolute atomic E-state index is 12.3. The van der Waals surface area contributed by atoms with Crippen molar-refractivity contribution in [3.05, 3.63) is 53.0 Å². The highest BCUT2D eigenvalue weighted by molar-refractivity contribution is 5.75. The molecule has 3 heterocycles. The van der Waals surface area contributed by atoms with Crippen LogP contribution in [-0.4, -0.2) is 38.5 Å². The Morgan fingerprint density at radius 1 is 1.41 bits per heavy atom. The van der Waals surface area contributed by atoms with E-state index < -0.39 is 0 Å². The summed E-state index contributed by atoms with van der Waals surface area (Å²) in [5.74, 6) is 1.48. The summed E-state index contributed by atoms with van der Waals surface area (Å²) in [5.41, 5.74) is -0.149. The van der Waals surface area contributed by atoms with Crippen LogP contribution in [0.4, 0.5) is 0 Å². The van der Waals surface area contributed by atoms with Crippen molar-refractivity contribution in [1.82, 2.24) is 19.0 Å². The number of likely N-dealkylation sites (N-methyl/N-ethyl adjacent to an activating group) is 1. The van der Waals surface area contributed by atoms with Crippen LogP contribution in [0.3, 0.4) is 0 Å². The molecule has 0 spiro atoms. The maximum atomic E-state index is 12.3. The van der Waals surface area contributed by atoms with Crippen LogP contribution in [0, 0.1) is 5.92 Å². The first-order valence-electron chi connectivity index (χ1n) is 7.53. The molecule has 1 amide bonds. The normalized spacial score (nSPS) is 17.0. The number of amides is 1. The third-order valence-corrected chi connectivity index (χ3v) is 4.21. The number of aryl methyl sites for hydroxylation is 1. The van der Waals surface area contributed by atoms with E-state index in [0.29, 0.717) is 12.5 Å². The number of hydrogen-bond acceptors (Lipinski definition) is 3. The summed E-state index contributed by atoms with van der Waals surface area (Å²) < 4.78 is 3.61. The highest BCUT2D eigenvalue weighted by Gasteiger charge is 2.22. The van der Waals surface area contributed by atoms with Gasteiger partial charge in [0.2, 0.25) is 5.91 Å². The fraction of sp³-hybridized carbons (Fsp3) is 0.438. The molecule has 1 aliphatic heterocycles. The van der Waals surface area contributed by atoms with Gasteiger partial charge in [-0.05, 0) is 18.4 Å². The summed E-state index contributed by atoms with van der Waals surface area (Å²) in [5, 5.41) is 0. The van der Waals surface area contributed by atoms with E-state index >= 15 is 0 Å². The molecule has 116 valence electrons. The van der Waals surface area contributed by atoms with Crippen molar-refractivity contribution in [2.24, 2.45) is 5.92 Å². The van der Waals surface area contributed by atoms with Crippen molar-refractivity contribution in [3.8, 4) is 0 Å². The van der Waals surface area contributed by atoms with Gasteiger partial charge in [0.25, 0.3) is 5.56 Å². The summed E-state index contributed by atoms with van der Waals surface area (Å²) in [6, 6.07) is 4.90. The molecule has 0 aromatic carbocycles. The number of carbonyl (C=O) groups excluding carboxylic acids is 1. The number of rotatable bonds is 4. The van der Waals surface area contributed by atoms with Crippen molar-refractivity contribution >= 4 is 5.91 Å². The summed E-state index contributed by atoms with van der Waals surface area (Å²) in [6.07, 6.45) is 7.42. The molecule has 1 aliphatic rings. The van der Waals surface area contributed by atoms with Gasteiger partial charge in [0.1, 0.15) is 12.4 Å². The van der Waals surface area contributed by atoms with Gasteiger partial charge in [-0.25, -0.2) is 4.98 Å². The van der Waals surface area contributed by atoms with E-state index in [9.17, 15) is 9.59 Å². The molecule has 22 heavy (non-hydrogen) atoms. The Balaban J connectivity index is 1.58. The molecule has 0 aliphatic carbocycles. The van der Waals surface area contributed by atoms with Crippen LogP contribution in [0.15, 0.2) is 41.6 Å². The maximum Gasteiger partial charge on any atom is 0.250 e. The minimum Gasteiger partial charge on any atom is -0.344 e. The quantitative estimate of drug-likeness (QED) is 0.838. The third kappa shape index (κ3) is 3.10.